The van der Waals surface area contributed by atoms with E-state index in [1.54, 1.807) is 7.11 Å². The summed E-state index contributed by atoms with van der Waals surface area (Å²) >= 11 is 0. The monoisotopic (exact) mass is 593 g/mol. The van der Waals surface area contributed by atoms with Gasteiger partial charge < -0.3 is 24.5 Å². The van der Waals surface area contributed by atoms with Crippen molar-refractivity contribution in [3.63, 3.8) is 0 Å². The Hall–Kier alpha value is -4.11. The van der Waals surface area contributed by atoms with Crippen molar-refractivity contribution in [1.82, 2.24) is 29.2 Å². The highest BCUT2D eigenvalue weighted by Gasteiger charge is 2.28. The third-order valence-corrected chi connectivity index (χ3v) is 9.84. The van der Waals surface area contributed by atoms with Crippen molar-refractivity contribution in [1.29, 1.82) is 0 Å². The van der Waals surface area contributed by atoms with E-state index in [0.29, 0.717) is 36.2 Å². The van der Waals surface area contributed by atoms with Crippen LogP contribution in [0, 0.1) is 25.7 Å². The summed E-state index contributed by atoms with van der Waals surface area (Å²) in [6.07, 6.45) is 6.47. The van der Waals surface area contributed by atoms with Gasteiger partial charge in [0.05, 0.1) is 29.5 Å². The average Bonchev–Trinajstić information content (AvgIpc) is 3.59. The lowest BCUT2D eigenvalue weighted by Crippen LogP contribution is -2.42. The second-order valence-electron chi connectivity index (χ2n) is 12.9. The molecule has 1 amide bonds. The zero-order valence-corrected chi connectivity index (χ0v) is 26.3. The van der Waals surface area contributed by atoms with Gasteiger partial charge in [-0.2, -0.15) is 5.10 Å². The summed E-state index contributed by atoms with van der Waals surface area (Å²) in [6.45, 7) is 7.22. The highest BCUT2D eigenvalue weighted by molar-refractivity contribution is 6.00. The van der Waals surface area contributed by atoms with Crippen molar-refractivity contribution in [3.05, 3.63) is 64.5 Å². The van der Waals surface area contributed by atoms with E-state index in [4.69, 9.17) is 15.5 Å². The molecule has 9 heteroatoms. The van der Waals surface area contributed by atoms with Gasteiger partial charge in [0, 0.05) is 43.3 Å². The Kier molecular flexibility index (Phi) is 7.44. The van der Waals surface area contributed by atoms with Gasteiger partial charge in [-0.15, -0.1) is 0 Å². The molecule has 2 fully saturated rings. The lowest BCUT2D eigenvalue weighted by molar-refractivity contribution is 0.0678. The second kappa shape index (κ2) is 11.4. The Morgan fingerprint density at radius 2 is 1.93 bits per heavy atom. The van der Waals surface area contributed by atoms with Crippen molar-refractivity contribution in [2.75, 3.05) is 26.7 Å². The van der Waals surface area contributed by atoms with Crippen molar-refractivity contribution in [2.24, 2.45) is 24.6 Å². The molecule has 5 aromatic rings. The molecule has 44 heavy (non-hydrogen) atoms. The number of carbonyl (C=O) groups is 1. The molecule has 9 nitrogen and oxygen atoms in total. The maximum absolute atomic E-state index is 13.6. The van der Waals surface area contributed by atoms with Crippen LogP contribution in [0.1, 0.15) is 58.6 Å². The van der Waals surface area contributed by atoms with Crippen LogP contribution in [0.4, 0.5) is 0 Å². The number of fused-ring (bicyclic) bond motifs is 2. The maximum atomic E-state index is 13.6. The number of H-pyrrole nitrogens is 1. The Morgan fingerprint density at radius 1 is 1.09 bits per heavy atom. The van der Waals surface area contributed by atoms with Crippen LogP contribution in [-0.2, 0) is 26.4 Å². The minimum absolute atomic E-state index is 0.0196. The number of nitrogens with zero attached hydrogens (tertiary/aromatic N) is 5. The number of rotatable bonds is 9. The number of aromatic nitrogens is 5. The summed E-state index contributed by atoms with van der Waals surface area (Å²) in [4.78, 5) is 20.8. The van der Waals surface area contributed by atoms with E-state index in [9.17, 15) is 4.79 Å². The van der Waals surface area contributed by atoms with Gasteiger partial charge in [-0.3, -0.25) is 9.89 Å². The molecular weight excluding hydrogens is 550 g/mol. The van der Waals surface area contributed by atoms with Crippen molar-refractivity contribution in [3.8, 4) is 17.3 Å². The Balaban J connectivity index is 1.31. The van der Waals surface area contributed by atoms with Gasteiger partial charge in [0.1, 0.15) is 11.3 Å². The first-order chi connectivity index (χ1) is 21.4. The van der Waals surface area contributed by atoms with Crippen LogP contribution >= 0.6 is 0 Å². The number of nitrogens with one attached hydrogen (secondary N) is 1. The molecule has 0 bridgehead atoms. The van der Waals surface area contributed by atoms with Crippen molar-refractivity contribution in [2.45, 2.75) is 58.9 Å². The number of carbonyl (C=O) groups excluding carboxylic acids is 1. The van der Waals surface area contributed by atoms with Gasteiger partial charge in [-0.25, -0.2) is 4.98 Å². The smallest absolute Gasteiger partial charge is 0.254 e. The van der Waals surface area contributed by atoms with Crippen LogP contribution in [0.3, 0.4) is 0 Å². The Morgan fingerprint density at radius 3 is 2.66 bits per heavy atom. The van der Waals surface area contributed by atoms with E-state index in [1.165, 1.54) is 34.9 Å². The van der Waals surface area contributed by atoms with Gasteiger partial charge in [0.15, 0.2) is 5.82 Å². The number of benzene rings is 2. The number of likely N-dealkylation sites (tertiary alicyclic amines) is 1. The number of ether oxygens (including phenoxy) is 1. The van der Waals surface area contributed by atoms with Crippen LogP contribution in [0.25, 0.3) is 33.5 Å². The zero-order valence-electron chi connectivity index (χ0n) is 26.3. The summed E-state index contributed by atoms with van der Waals surface area (Å²) in [5.74, 6) is 2.60. The lowest BCUT2D eigenvalue weighted by atomic mass is 9.97. The molecule has 1 aliphatic carbocycles. The predicted molar refractivity (Wildman–Crippen MR) is 174 cm³/mol. The molecule has 1 aliphatic heterocycles. The molecule has 3 N–H and O–H groups in total. The topological polar surface area (TPSA) is 107 Å². The number of hydrogen-bond acceptors (Lipinski definition) is 5. The average molecular weight is 594 g/mol. The molecule has 7 rings (SSSR count). The van der Waals surface area contributed by atoms with Crippen LogP contribution in [-0.4, -0.2) is 61.9 Å². The molecular formula is C35H43N7O2. The Labute approximate surface area is 258 Å². The number of piperidine rings is 1. The van der Waals surface area contributed by atoms with E-state index in [2.05, 4.69) is 64.5 Å². The third-order valence-electron chi connectivity index (χ3n) is 9.84. The summed E-state index contributed by atoms with van der Waals surface area (Å²) < 4.78 is 10.5. The molecule has 0 unspecified atom stereocenters. The molecule has 0 radical (unpaired) electrons. The summed E-state index contributed by atoms with van der Waals surface area (Å²) in [5, 5.41) is 8.78. The number of nitrogens with two attached hydrogens (primary N) is 1. The standard InChI is InChI=1S/C35H43N7O2/c1-21-28(22(2)39-38-21)13-12-25-8-5-9-26-16-30(42(32(25)26)20-23-10-11-23)34-37-29-15-27(17-31(44-4)33(29)40(34)3)35(43)41-14-6-7-24(18-36)19-41/h5,8-9,15-17,23-24H,6-7,10-14,18-20,36H2,1-4H3,(H,38,39)/t24-/m0/s1. The van der Waals surface area contributed by atoms with E-state index >= 15 is 0 Å². The normalized spacial score (nSPS) is 17.2. The van der Waals surface area contributed by atoms with Gasteiger partial charge in [-0.1, -0.05) is 18.2 Å². The fraction of sp³-hybridized carbons (Fsp3) is 0.457. The van der Waals surface area contributed by atoms with Crippen molar-refractivity contribution >= 4 is 27.8 Å². The first-order valence-electron chi connectivity index (χ1n) is 16.0. The number of imidazole rings is 1. The molecule has 2 aromatic carbocycles. The first kappa shape index (κ1) is 28.6. The van der Waals surface area contributed by atoms with Gasteiger partial charge in [0.2, 0.25) is 0 Å². The highest BCUT2D eigenvalue weighted by Crippen LogP contribution is 2.39. The fourth-order valence-electron chi connectivity index (χ4n) is 7.18. The summed E-state index contributed by atoms with van der Waals surface area (Å²) in [7, 11) is 3.72. The fourth-order valence-corrected chi connectivity index (χ4v) is 7.18. The molecule has 1 atom stereocenters. The van der Waals surface area contributed by atoms with Gasteiger partial charge in [0.25, 0.3) is 5.91 Å². The molecule has 4 heterocycles. The third kappa shape index (κ3) is 5.07. The highest BCUT2D eigenvalue weighted by atomic mass is 16.5. The molecule has 230 valence electrons. The number of para-hydroxylation sites is 1. The molecule has 1 saturated heterocycles. The van der Waals surface area contributed by atoms with E-state index in [1.807, 2.05) is 17.0 Å². The van der Waals surface area contributed by atoms with E-state index in [-0.39, 0.29) is 5.91 Å². The minimum Gasteiger partial charge on any atom is -0.494 e. The van der Waals surface area contributed by atoms with E-state index < -0.39 is 0 Å². The van der Waals surface area contributed by atoms with Gasteiger partial charge >= 0.3 is 0 Å². The second-order valence-corrected chi connectivity index (χ2v) is 12.9. The van der Waals surface area contributed by atoms with E-state index in [0.717, 1.165) is 72.7 Å². The summed E-state index contributed by atoms with van der Waals surface area (Å²) in [6, 6.07) is 12.8. The lowest BCUT2D eigenvalue weighted by Gasteiger charge is -2.32. The quantitative estimate of drug-likeness (QED) is 0.233. The SMILES string of the molecule is COc1cc(C(=O)N2CCC[C@@H](CN)C2)cc2nc(-c3cc4cccc(CCc5c(C)n[nH]c5C)c4n3CC3CC3)n(C)c12. The number of hydrogen-bond donors (Lipinski definition) is 2. The predicted octanol–water partition coefficient (Wildman–Crippen LogP) is 5.55. The first-order valence-corrected chi connectivity index (χ1v) is 16.0. The largest absolute Gasteiger partial charge is 0.494 e. The molecule has 2 aliphatic rings. The molecule has 1 saturated carbocycles. The number of aromatic amines is 1. The number of methoxy groups -OCH3 is 1. The molecule has 0 spiro atoms. The van der Waals surface area contributed by atoms with Crippen LogP contribution < -0.4 is 10.5 Å². The van der Waals surface area contributed by atoms with Crippen LogP contribution in [0.5, 0.6) is 5.75 Å². The minimum atomic E-state index is 0.0196. The van der Waals surface area contributed by atoms with Gasteiger partial charge in [-0.05, 0) is 100 Å². The number of aryl methyl sites for hydroxylation is 4. The zero-order chi connectivity index (χ0) is 30.5. The number of amides is 1. The molecule has 3 aromatic heterocycles. The Bertz CT molecular complexity index is 1840. The van der Waals surface area contributed by atoms with Crippen molar-refractivity contribution < 1.29 is 9.53 Å². The summed E-state index contributed by atoms with van der Waals surface area (Å²) in [5.41, 5.74) is 15.5. The van der Waals surface area contributed by atoms with Crippen LogP contribution in [0.15, 0.2) is 36.4 Å². The van der Waals surface area contributed by atoms with Crippen LogP contribution in [0.2, 0.25) is 0 Å². The maximum Gasteiger partial charge on any atom is 0.254 e.